The maximum absolute atomic E-state index is 12.9. The van der Waals surface area contributed by atoms with Gasteiger partial charge in [0, 0.05) is 72.4 Å². The van der Waals surface area contributed by atoms with Crippen LogP contribution in [-0.4, -0.2) is 76.9 Å². The van der Waals surface area contributed by atoms with Gasteiger partial charge in [-0.25, -0.2) is 28.8 Å². The van der Waals surface area contributed by atoms with E-state index in [1.807, 2.05) is 0 Å². The summed E-state index contributed by atoms with van der Waals surface area (Å²) < 4.78 is 71.1. The topological polar surface area (TPSA) is 225 Å². The molecule has 102 heavy (non-hydrogen) atoms. The molecular weight excluding hydrogens is 1500 g/mol. The van der Waals surface area contributed by atoms with Gasteiger partial charge < -0.3 is 55.9 Å². The van der Waals surface area contributed by atoms with Crippen LogP contribution in [0.4, 0.5) is 0 Å². The second-order valence-corrected chi connectivity index (χ2v) is 27.7. The SMILES string of the molecule is O=C(Oc1ccc2ccc(=O)oc2c1)c1ccc(OCCCCCCCCCCOCC(COCCCCCCCCCCOc2ccc(C(=O)Oc3ccc4ccc(=O)oc4c3)cc2Br)OCCCCCCCCCCOc2ccc(C(=O)Oc3ccc4ccc(=O)oc4c3)cc2Br)c(Br)c1. The quantitative estimate of drug-likeness (QED) is 0.0150. The van der Waals surface area contributed by atoms with Gasteiger partial charge in [-0.15, -0.1) is 0 Å². The fourth-order valence-electron chi connectivity index (χ4n) is 11.4. The van der Waals surface area contributed by atoms with Gasteiger partial charge in [-0.1, -0.05) is 116 Å². The van der Waals surface area contributed by atoms with Crippen LogP contribution in [0.15, 0.2) is 187 Å². The number of hydrogen-bond donors (Lipinski definition) is 0. The van der Waals surface area contributed by atoms with E-state index in [0.29, 0.717) is 117 Å². The number of carbonyl (C=O) groups is 3. The van der Waals surface area contributed by atoms with Crippen LogP contribution < -0.4 is 45.3 Å². The van der Waals surface area contributed by atoms with Crippen molar-refractivity contribution >= 4 is 98.6 Å². The van der Waals surface area contributed by atoms with Crippen molar-refractivity contribution in [1.82, 2.24) is 0 Å². The Morgan fingerprint density at radius 2 is 0.569 bits per heavy atom. The molecule has 0 unspecified atom stereocenters. The van der Waals surface area contributed by atoms with Crippen molar-refractivity contribution in [3.8, 4) is 34.5 Å². The molecule has 542 valence electrons. The van der Waals surface area contributed by atoms with Crippen molar-refractivity contribution in [3.63, 3.8) is 0 Å². The molecule has 0 saturated heterocycles. The smallest absolute Gasteiger partial charge is 0.343 e. The van der Waals surface area contributed by atoms with Crippen molar-refractivity contribution < 1.29 is 70.3 Å². The van der Waals surface area contributed by atoms with Gasteiger partial charge >= 0.3 is 34.8 Å². The van der Waals surface area contributed by atoms with Gasteiger partial charge in [0.05, 0.1) is 63.1 Å². The Hall–Kier alpha value is -7.92. The third-order valence-corrected chi connectivity index (χ3v) is 18.9. The predicted octanol–water partition coefficient (Wildman–Crippen LogP) is 20.3. The van der Waals surface area contributed by atoms with Crippen LogP contribution in [0.1, 0.15) is 185 Å². The Morgan fingerprint density at radius 1 is 0.304 bits per heavy atom. The minimum absolute atomic E-state index is 0.108. The third kappa shape index (κ3) is 27.0. The highest BCUT2D eigenvalue weighted by Gasteiger charge is 2.18. The largest absolute Gasteiger partial charge is 0.492 e. The highest BCUT2D eigenvalue weighted by molar-refractivity contribution is 9.11. The first-order valence-electron chi connectivity index (χ1n) is 35.6. The molecule has 0 atom stereocenters. The Balaban J connectivity index is 0.591. The molecule has 0 spiro atoms. The second-order valence-electron chi connectivity index (χ2n) is 25.1. The summed E-state index contributed by atoms with van der Waals surface area (Å²) in [5.41, 5.74) is 0.678. The maximum atomic E-state index is 12.9. The van der Waals surface area contributed by atoms with Gasteiger partial charge in [-0.3, -0.25) is 0 Å². The third-order valence-electron chi connectivity index (χ3n) is 17.1. The number of unbranched alkanes of at least 4 members (excludes halogenated alkanes) is 21. The molecule has 0 saturated carbocycles. The molecule has 9 aromatic rings. The van der Waals surface area contributed by atoms with Crippen molar-refractivity contribution in [2.24, 2.45) is 0 Å². The Morgan fingerprint density at radius 3 is 0.863 bits per heavy atom. The summed E-state index contributed by atoms with van der Waals surface area (Å²) in [4.78, 5) is 73.6. The standard InChI is InChI=1S/C81H89Br3O18/c82-67-49-60(79(88)97-63-34-25-57-31-40-76(85)100-73(57)52-63)28-37-70(67)94-46-22-16-10-3-1-7-13-19-43-91-55-66(93-45-21-15-9-5-6-12-18-24-48-96-72-39-30-62(51-69(72)84)81(90)99-65-36-27-59-33-42-78(87)102-75(59)54-65)56-92-44-20-14-8-2-4-11-17-23-47-95-71-38-29-61(50-68(71)83)80(89)98-64-35-26-58-32-41-77(86)101-74(58)53-64/h25-42,49-54,66H,1-24,43-48,55-56H2. The average molecular weight is 1590 g/mol. The van der Waals surface area contributed by atoms with Gasteiger partial charge in [0.2, 0.25) is 0 Å². The van der Waals surface area contributed by atoms with Gasteiger partial charge in [0.15, 0.2) is 0 Å². The number of hydrogen-bond acceptors (Lipinski definition) is 18. The normalized spacial score (nSPS) is 11.4. The Kier molecular flexibility index (Phi) is 33.2. The molecule has 18 nitrogen and oxygen atoms in total. The van der Waals surface area contributed by atoms with Crippen LogP contribution in [0.2, 0.25) is 0 Å². The molecule has 0 aliphatic rings. The monoisotopic (exact) mass is 1590 g/mol. The molecular formula is C81H89Br3O18. The number of carbonyl (C=O) groups excluding carboxylic acids is 3. The number of ether oxygens (including phenoxy) is 9. The fourth-order valence-corrected chi connectivity index (χ4v) is 12.9. The summed E-state index contributed by atoms with van der Waals surface area (Å²) in [7, 11) is 0. The Labute approximate surface area is 619 Å². The number of rotatable bonds is 47. The van der Waals surface area contributed by atoms with E-state index >= 15 is 0 Å². The molecule has 3 heterocycles. The molecule has 0 radical (unpaired) electrons. The zero-order valence-corrected chi connectivity index (χ0v) is 62.3. The summed E-state index contributed by atoms with van der Waals surface area (Å²) in [6.07, 6.45) is 26.2. The summed E-state index contributed by atoms with van der Waals surface area (Å²) in [6.45, 7) is 4.84. The second kappa shape index (κ2) is 43.3. The molecule has 0 bridgehead atoms. The molecule has 21 heteroatoms. The van der Waals surface area contributed by atoms with E-state index < -0.39 is 34.8 Å². The van der Waals surface area contributed by atoms with Crippen LogP contribution in [0, 0.1) is 0 Å². The minimum atomic E-state index is -0.536. The zero-order valence-electron chi connectivity index (χ0n) is 57.5. The lowest BCUT2D eigenvalue weighted by Crippen LogP contribution is -2.26. The highest BCUT2D eigenvalue weighted by atomic mass is 79.9. The highest BCUT2D eigenvalue weighted by Crippen LogP contribution is 2.32. The Bertz CT molecular complexity index is 4130. The van der Waals surface area contributed by atoms with Crippen molar-refractivity contribution in [3.05, 3.63) is 207 Å². The van der Waals surface area contributed by atoms with E-state index in [-0.39, 0.29) is 23.4 Å². The van der Waals surface area contributed by atoms with Gasteiger partial charge in [-0.2, -0.15) is 0 Å². The summed E-state index contributed by atoms with van der Waals surface area (Å²) in [6, 6.07) is 39.1. The van der Waals surface area contributed by atoms with Crippen LogP contribution in [0.3, 0.4) is 0 Å². The van der Waals surface area contributed by atoms with E-state index in [2.05, 4.69) is 47.8 Å². The van der Waals surface area contributed by atoms with Gasteiger partial charge in [0.25, 0.3) is 0 Å². The summed E-state index contributed by atoms with van der Waals surface area (Å²) in [5.74, 6) is 1.21. The summed E-state index contributed by atoms with van der Waals surface area (Å²) in [5, 5.41) is 2.19. The van der Waals surface area contributed by atoms with Crippen LogP contribution in [0.25, 0.3) is 32.9 Å². The molecule has 0 aliphatic carbocycles. The van der Waals surface area contributed by atoms with Crippen molar-refractivity contribution in [1.29, 1.82) is 0 Å². The first-order valence-corrected chi connectivity index (χ1v) is 38.0. The molecule has 6 aromatic carbocycles. The molecule has 0 aliphatic heterocycles. The molecule has 0 N–H and O–H groups in total. The van der Waals surface area contributed by atoms with E-state index in [1.54, 1.807) is 109 Å². The first kappa shape index (κ1) is 78.2. The number of halogens is 3. The average Bonchev–Trinajstić information content (AvgIpc) is 0.834. The van der Waals surface area contributed by atoms with E-state index in [4.69, 9.17) is 55.9 Å². The van der Waals surface area contributed by atoms with E-state index in [0.717, 1.165) is 119 Å². The maximum Gasteiger partial charge on any atom is 0.343 e. The molecule has 0 fully saturated rings. The lowest BCUT2D eigenvalue weighted by molar-refractivity contribution is -0.0616. The zero-order chi connectivity index (χ0) is 71.5. The molecule has 9 rings (SSSR count). The van der Waals surface area contributed by atoms with Gasteiger partial charge in [-0.05, 0) is 196 Å². The predicted molar refractivity (Wildman–Crippen MR) is 403 cm³/mol. The van der Waals surface area contributed by atoms with E-state index in [9.17, 15) is 28.8 Å². The van der Waals surface area contributed by atoms with Crippen molar-refractivity contribution in [2.45, 2.75) is 160 Å². The van der Waals surface area contributed by atoms with Crippen LogP contribution in [0.5, 0.6) is 34.5 Å². The fraction of sp³-hybridized carbons (Fsp3) is 0.407. The van der Waals surface area contributed by atoms with Crippen molar-refractivity contribution in [2.75, 3.05) is 52.9 Å². The van der Waals surface area contributed by atoms with Crippen LogP contribution in [-0.2, 0) is 14.2 Å². The number of benzene rings is 6. The number of esters is 3. The van der Waals surface area contributed by atoms with Gasteiger partial charge in [0.1, 0.15) is 57.4 Å². The van der Waals surface area contributed by atoms with Crippen LogP contribution >= 0.6 is 47.8 Å². The lowest BCUT2D eigenvalue weighted by atomic mass is 10.1. The minimum Gasteiger partial charge on any atom is -0.492 e. The summed E-state index contributed by atoms with van der Waals surface area (Å²) >= 11 is 10.6. The van der Waals surface area contributed by atoms with E-state index in [1.165, 1.54) is 87.8 Å². The number of fused-ring (bicyclic) bond motifs is 3. The lowest BCUT2D eigenvalue weighted by Gasteiger charge is -2.18. The molecule has 0 amide bonds. The first-order chi connectivity index (χ1) is 49.8. The molecule has 3 aromatic heterocycles.